The first-order valence-electron chi connectivity index (χ1n) is 7.02. The molecule has 0 radical (unpaired) electrons. The van der Waals surface area contributed by atoms with Gasteiger partial charge in [0.1, 0.15) is 5.52 Å². The SMILES string of the molecule is Cc1cc(N2CCNCC2)c2oc(C(C)C)nc2c1. The number of fused-ring (bicyclic) bond motifs is 1. The van der Waals surface area contributed by atoms with Gasteiger partial charge in [-0.1, -0.05) is 13.8 Å². The van der Waals surface area contributed by atoms with Gasteiger partial charge in [0.2, 0.25) is 0 Å². The number of nitrogens with one attached hydrogen (secondary N) is 1. The highest BCUT2D eigenvalue weighted by Gasteiger charge is 2.18. The number of rotatable bonds is 2. The third-order valence-corrected chi connectivity index (χ3v) is 3.58. The summed E-state index contributed by atoms with van der Waals surface area (Å²) in [6.45, 7) is 10.5. The fourth-order valence-corrected chi connectivity index (χ4v) is 2.56. The lowest BCUT2D eigenvalue weighted by molar-refractivity contribution is 0.499. The van der Waals surface area contributed by atoms with Crippen molar-refractivity contribution in [1.29, 1.82) is 0 Å². The van der Waals surface area contributed by atoms with Gasteiger partial charge in [-0.3, -0.25) is 0 Å². The summed E-state index contributed by atoms with van der Waals surface area (Å²) in [4.78, 5) is 7.01. The molecule has 0 atom stereocenters. The second-order valence-corrected chi connectivity index (χ2v) is 5.58. The van der Waals surface area contributed by atoms with E-state index in [1.165, 1.54) is 11.3 Å². The Bertz CT molecular complexity index is 582. The minimum atomic E-state index is 0.323. The summed E-state index contributed by atoms with van der Waals surface area (Å²) in [5.41, 5.74) is 4.36. The maximum atomic E-state index is 6.00. The van der Waals surface area contributed by atoms with Crippen LogP contribution < -0.4 is 10.2 Å². The third kappa shape index (κ3) is 2.32. The molecular weight excluding hydrogens is 238 g/mol. The predicted octanol–water partition coefficient (Wildman–Crippen LogP) is 2.67. The number of nitrogens with zero attached hydrogens (tertiary/aromatic N) is 2. The summed E-state index contributed by atoms with van der Waals surface area (Å²) >= 11 is 0. The van der Waals surface area contributed by atoms with Gasteiger partial charge in [-0.15, -0.1) is 0 Å². The summed E-state index contributed by atoms with van der Waals surface area (Å²) < 4.78 is 6.00. The van der Waals surface area contributed by atoms with E-state index >= 15 is 0 Å². The second kappa shape index (κ2) is 4.85. The molecule has 0 aliphatic carbocycles. The molecule has 102 valence electrons. The molecule has 1 aliphatic rings. The van der Waals surface area contributed by atoms with Gasteiger partial charge in [0.05, 0.1) is 5.69 Å². The number of aromatic nitrogens is 1. The Hall–Kier alpha value is -1.55. The van der Waals surface area contributed by atoms with Crippen LogP contribution in [0, 0.1) is 6.92 Å². The van der Waals surface area contributed by atoms with Crippen LogP contribution in [0.25, 0.3) is 11.1 Å². The van der Waals surface area contributed by atoms with E-state index in [2.05, 4.69) is 48.1 Å². The molecule has 1 aromatic heterocycles. The van der Waals surface area contributed by atoms with E-state index in [4.69, 9.17) is 4.42 Å². The van der Waals surface area contributed by atoms with Crippen molar-refractivity contribution in [1.82, 2.24) is 10.3 Å². The molecule has 4 nitrogen and oxygen atoms in total. The Labute approximate surface area is 113 Å². The number of piperazine rings is 1. The number of hydrogen-bond acceptors (Lipinski definition) is 4. The highest BCUT2D eigenvalue weighted by molar-refractivity contribution is 5.88. The molecule has 0 amide bonds. The summed E-state index contributed by atoms with van der Waals surface area (Å²) in [5, 5.41) is 3.38. The van der Waals surface area contributed by atoms with Crippen LogP contribution in [0.1, 0.15) is 31.2 Å². The van der Waals surface area contributed by atoms with Crippen molar-refractivity contribution < 1.29 is 4.42 Å². The Morgan fingerprint density at radius 2 is 2.00 bits per heavy atom. The Balaban J connectivity index is 2.10. The maximum absolute atomic E-state index is 6.00. The first-order valence-corrected chi connectivity index (χ1v) is 7.02. The van der Waals surface area contributed by atoms with Crippen LogP contribution in [0.4, 0.5) is 5.69 Å². The summed E-state index contributed by atoms with van der Waals surface area (Å²) in [5.74, 6) is 1.15. The lowest BCUT2D eigenvalue weighted by Gasteiger charge is -2.29. The molecule has 2 aromatic rings. The monoisotopic (exact) mass is 259 g/mol. The zero-order valence-electron chi connectivity index (χ0n) is 11.9. The molecule has 1 saturated heterocycles. The molecule has 1 N–H and O–H groups in total. The van der Waals surface area contributed by atoms with Gasteiger partial charge in [0, 0.05) is 32.1 Å². The van der Waals surface area contributed by atoms with Crippen LogP contribution in [0.3, 0.4) is 0 Å². The zero-order valence-corrected chi connectivity index (χ0v) is 11.9. The molecule has 4 heteroatoms. The fourth-order valence-electron chi connectivity index (χ4n) is 2.56. The standard InChI is InChI=1S/C15H21N3O/c1-10(2)15-17-12-8-11(3)9-13(14(12)19-15)18-6-4-16-5-7-18/h8-10,16H,4-7H2,1-3H3. The number of hydrogen-bond donors (Lipinski definition) is 1. The summed E-state index contributed by atoms with van der Waals surface area (Å²) in [6, 6.07) is 4.32. The molecule has 3 rings (SSSR count). The lowest BCUT2D eigenvalue weighted by Crippen LogP contribution is -2.43. The number of anilines is 1. The van der Waals surface area contributed by atoms with Gasteiger partial charge in [-0.05, 0) is 24.6 Å². The van der Waals surface area contributed by atoms with E-state index < -0.39 is 0 Å². The van der Waals surface area contributed by atoms with E-state index in [1.54, 1.807) is 0 Å². The number of oxazole rings is 1. The van der Waals surface area contributed by atoms with Crippen LogP contribution >= 0.6 is 0 Å². The van der Waals surface area contributed by atoms with Gasteiger partial charge in [-0.2, -0.15) is 0 Å². The minimum Gasteiger partial charge on any atom is -0.438 e. The Morgan fingerprint density at radius 3 is 2.68 bits per heavy atom. The van der Waals surface area contributed by atoms with Crippen molar-refractivity contribution in [2.75, 3.05) is 31.1 Å². The smallest absolute Gasteiger partial charge is 0.198 e. The second-order valence-electron chi connectivity index (χ2n) is 5.58. The number of benzene rings is 1. The van der Waals surface area contributed by atoms with E-state index in [9.17, 15) is 0 Å². The van der Waals surface area contributed by atoms with E-state index in [1.807, 2.05) is 0 Å². The summed E-state index contributed by atoms with van der Waals surface area (Å²) in [6.07, 6.45) is 0. The highest BCUT2D eigenvalue weighted by atomic mass is 16.3. The average molecular weight is 259 g/mol. The van der Waals surface area contributed by atoms with Crippen LogP contribution in [0.5, 0.6) is 0 Å². The molecule has 1 aromatic carbocycles. The lowest BCUT2D eigenvalue weighted by atomic mass is 10.1. The maximum Gasteiger partial charge on any atom is 0.198 e. The molecule has 1 fully saturated rings. The fraction of sp³-hybridized carbons (Fsp3) is 0.533. The van der Waals surface area contributed by atoms with E-state index in [0.29, 0.717) is 5.92 Å². The summed E-state index contributed by atoms with van der Waals surface area (Å²) in [7, 11) is 0. The highest BCUT2D eigenvalue weighted by Crippen LogP contribution is 2.31. The molecule has 2 heterocycles. The van der Waals surface area contributed by atoms with E-state index in [-0.39, 0.29) is 0 Å². The first kappa shape index (κ1) is 12.5. The van der Waals surface area contributed by atoms with Crippen LogP contribution in [0.2, 0.25) is 0 Å². The van der Waals surface area contributed by atoms with Gasteiger partial charge < -0.3 is 14.6 Å². The van der Waals surface area contributed by atoms with Crippen LogP contribution in [0.15, 0.2) is 16.5 Å². The van der Waals surface area contributed by atoms with Crippen molar-refractivity contribution in [3.63, 3.8) is 0 Å². The Morgan fingerprint density at radius 1 is 1.26 bits per heavy atom. The van der Waals surface area contributed by atoms with Gasteiger partial charge in [0.25, 0.3) is 0 Å². The molecular formula is C15H21N3O. The van der Waals surface area contributed by atoms with Crippen LogP contribution in [-0.2, 0) is 0 Å². The van der Waals surface area contributed by atoms with Gasteiger partial charge >= 0.3 is 0 Å². The largest absolute Gasteiger partial charge is 0.438 e. The molecule has 0 spiro atoms. The quantitative estimate of drug-likeness (QED) is 0.900. The minimum absolute atomic E-state index is 0.323. The van der Waals surface area contributed by atoms with Crippen molar-refractivity contribution in [2.24, 2.45) is 0 Å². The van der Waals surface area contributed by atoms with E-state index in [0.717, 1.165) is 43.2 Å². The van der Waals surface area contributed by atoms with Crippen molar-refractivity contribution in [3.05, 3.63) is 23.6 Å². The Kier molecular flexibility index (Phi) is 3.19. The topological polar surface area (TPSA) is 41.3 Å². The van der Waals surface area contributed by atoms with Crippen molar-refractivity contribution in [2.45, 2.75) is 26.7 Å². The molecule has 0 saturated carbocycles. The first-order chi connectivity index (χ1) is 9.15. The molecule has 0 bridgehead atoms. The van der Waals surface area contributed by atoms with Gasteiger partial charge in [0.15, 0.2) is 11.5 Å². The van der Waals surface area contributed by atoms with Crippen molar-refractivity contribution in [3.8, 4) is 0 Å². The molecule has 19 heavy (non-hydrogen) atoms. The molecule has 0 unspecified atom stereocenters. The number of aryl methyl sites for hydroxylation is 1. The van der Waals surface area contributed by atoms with Crippen LogP contribution in [-0.4, -0.2) is 31.2 Å². The third-order valence-electron chi connectivity index (χ3n) is 3.58. The normalized spacial score (nSPS) is 16.5. The molecule has 1 aliphatic heterocycles. The zero-order chi connectivity index (χ0) is 13.4. The van der Waals surface area contributed by atoms with Crippen molar-refractivity contribution >= 4 is 16.8 Å². The van der Waals surface area contributed by atoms with Gasteiger partial charge in [-0.25, -0.2) is 4.98 Å². The average Bonchev–Trinajstić information content (AvgIpc) is 2.82. The predicted molar refractivity (Wildman–Crippen MR) is 77.9 cm³/mol.